The molecule has 2 heteroatoms. The van der Waals surface area contributed by atoms with Gasteiger partial charge in [-0.2, -0.15) is 0 Å². The minimum atomic E-state index is -0.215. The Hall–Kier alpha value is -1.44. The van der Waals surface area contributed by atoms with Gasteiger partial charge in [0.05, 0.1) is 0 Å². The van der Waals surface area contributed by atoms with Crippen LogP contribution in [0.25, 0.3) is 0 Å². The van der Waals surface area contributed by atoms with Crippen molar-refractivity contribution < 1.29 is 9.84 Å². The summed E-state index contributed by atoms with van der Waals surface area (Å²) >= 11 is 0. The molecule has 0 spiro atoms. The summed E-state index contributed by atoms with van der Waals surface area (Å²) in [6.07, 6.45) is 6.97. The number of phenolic OH excluding ortho intramolecular Hbond substituents is 1. The second-order valence-electron chi connectivity index (χ2n) is 5.75. The molecular formula is C16H22O2. The maximum Gasteiger partial charge on any atom is 0.120 e. The van der Waals surface area contributed by atoms with E-state index in [1.165, 1.54) is 12.8 Å². The standard InChI is InChI=1S/C16H22O2/c1-12-4-6-13(7-5-12)16(2,3)18-15-10-8-14(17)9-11-15/h4,6,8-13,17H,5,7H2,1-3H3/t12-,13?/m0/s1. The van der Waals surface area contributed by atoms with Gasteiger partial charge >= 0.3 is 0 Å². The number of aromatic hydroxyl groups is 1. The smallest absolute Gasteiger partial charge is 0.120 e. The van der Waals surface area contributed by atoms with Gasteiger partial charge in [-0.15, -0.1) is 0 Å². The van der Waals surface area contributed by atoms with Crippen molar-refractivity contribution in [3.8, 4) is 11.5 Å². The van der Waals surface area contributed by atoms with E-state index in [4.69, 9.17) is 4.74 Å². The van der Waals surface area contributed by atoms with Crippen LogP contribution in [-0.2, 0) is 0 Å². The highest BCUT2D eigenvalue weighted by molar-refractivity contribution is 5.30. The molecule has 0 aliphatic heterocycles. The molecule has 1 aliphatic rings. The van der Waals surface area contributed by atoms with Gasteiger partial charge in [0.15, 0.2) is 0 Å². The first kappa shape index (κ1) is 13.0. The van der Waals surface area contributed by atoms with Gasteiger partial charge in [0.1, 0.15) is 17.1 Å². The molecule has 0 bridgehead atoms. The van der Waals surface area contributed by atoms with E-state index in [2.05, 4.69) is 32.9 Å². The molecule has 0 saturated heterocycles. The van der Waals surface area contributed by atoms with E-state index in [9.17, 15) is 5.11 Å². The van der Waals surface area contributed by atoms with Gasteiger partial charge in [-0.05, 0) is 56.9 Å². The van der Waals surface area contributed by atoms with Crippen LogP contribution in [-0.4, -0.2) is 10.7 Å². The highest BCUT2D eigenvalue weighted by Crippen LogP contribution is 2.33. The van der Waals surface area contributed by atoms with Crippen LogP contribution in [0.1, 0.15) is 33.6 Å². The van der Waals surface area contributed by atoms with Crippen LogP contribution in [0, 0.1) is 11.8 Å². The summed E-state index contributed by atoms with van der Waals surface area (Å²) in [4.78, 5) is 0. The molecular weight excluding hydrogens is 224 g/mol. The normalized spacial score (nSPS) is 23.9. The number of hydrogen-bond acceptors (Lipinski definition) is 2. The molecule has 2 nitrogen and oxygen atoms in total. The quantitative estimate of drug-likeness (QED) is 0.812. The summed E-state index contributed by atoms with van der Waals surface area (Å²) < 4.78 is 6.07. The van der Waals surface area contributed by atoms with Gasteiger partial charge in [-0.1, -0.05) is 19.1 Å². The van der Waals surface area contributed by atoms with Gasteiger partial charge in [-0.25, -0.2) is 0 Å². The molecule has 1 aliphatic carbocycles. The second kappa shape index (κ2) is 5.05. The molecule has 1 unspecified atom stereocenters. The Kier molecular flexibility index (Phi) is 3.65. The fourth-order valence-electron chi connectivity index (χ4n) is 2.43. The van der Waals surface area contributed by atoms with E-state index in [1.807, 2.05) is 12.1 Å². The predicted molar refractivity (Wildman–Crippen MR) is 73.8 cm³/mol. The Morgan fingerprint density at radius 1 is 1.11 bits per heavy atom. The van der Waals surface area contributed by atoms with E-state index in [1.54, 1.807) is 12.1 Å². The number of rotatable bonds is 3. The first-order valence-corrected chi connectivity index (χ1v) is 6.64. The van der Waals surface area contributed by atoms with Crippen LogP contribution in [0.15, 0.2) is 36.4 Å². The minimum Gasteiger partial charge on any atom is -0.508 e. The third-order valence-corrected chi connectivity index (χ3v) is 3.72. The lowest BCUT2D eigenvalue weighted by Gasteiger charge is -2.35. The molecule has 1 N–H and O–H groups in total. The van der Waals surface area contributed by atoms with Crippen molar-refractivity contribution in [3.63, 3.8) is 0 Å². The predicted octanol–water partition coefficient (Wildman–Crippen LogP) is 4.15. The summed E-state index contributed by atoms with van der Waals surface area (Å²) in [5.41, 5.74) is -0.215. The first-order chi connectivity index (χ1) is 8.47. The number of benzene rings is 1. The fourth-order valence-corrected chi connectivity index (χ4v) is 2.43. The molecule has 0 fully saturated rings. The summed E-state index contributed by atoms with van der Waals surface area (Å²) in [6, 6.07) is 6.94. The first-order valence-electron chi connectivity index (χ1n) is 6.64. The molecule has 0 amide bonds. The summed E-state index contributed by atoms with van der Waals surface area (Å²) in [5.74, 6) is 2.21. The molecule has 98 valence electrons. The monoisotopic (exact) mass is 246 g/mol. The average molecular weight is 246 g/mol. The molecule has 0 aromatic heterocycles. The van der Waals surface area contributed by atoms with Crippen LogP contribution in [0.5, 0.6) is 11.5 Å². The lowest BCUT2D eigenvalue weighted by Crippen LogP contribution is -2.37. The molecule has 2 atom stereocenters. The number of allylic oxidation sites excluding steroid dienone is 1. The third-order valence-electron chi connectivity index (χ3n) is 3.72. The van der Waals surface area contributed by atoms with Crippen molar-refractivity contribution in [2.24, 2.45) is 11.8 Å². The Morgan fingerprint density at radius 2 is 1.78 bits per heavy atom. The zero-order valence-electron chi connectivity index (χ0n) is 11.4. The molecule has 18 heavy (non-hydrogen) atoms. The molecule has 0 radical (unpaired) electrons. The minimum absolute atomic E-state index is 0.215. The number of hydrogen-bond donors (Lipinski definition) is 1. The van der Waals surface area contributed by atoms with Crippen LogP contribution < -0.4 is 4.74 Å². The largest absolute Gasteiger partial charge is 0.508 e. The summed E-state index contributed by atoms with van der Waals surface area (Å²) in [5, 5.41) is 9.27. The third kappa shape index (κ3) is 3.06. The van der Waals surface area contributed by atoms with E-state index in [-0.39, 0.29) is 11.4 Å². The second-order valence-corrected chi connectivity index (χ2v) is 5.75. The van der Waals surface area contributed by atoms with E-state index in [0.29, 0.717) is 11.8 Å². The van der Waals surface area contributed by atoms with Crippen molar-refractivity contribution in [3.05, 3.63) is 36.4 Å². The van der Waals surface area contributed by atoms with Gasteiger partial charge < -0.3 is 9.84 Å². The van der Waals surface area contributed by atoms with E-state index in [0.717, 1.165) is 5.75 Å². The van der Waals surface area contributed by atoms with E-state index >= 15 is 0 Å². The lowest BCUT2D eigenvalue weighted by atomic mass is 9.80. The Morgan fingerprint density at radius 3 is 2.33 bits per heavy atom. The molecule has 0 heterocycles. The van der Waals surface area contributed by atoms with E-state index < -0.39 is 0 Å². The Balaban J connectivity index is 2.07. The zero-order chi connectivity index (χ0) is 13.2. The van der Waals surface area contributed by atoms with Crippen molar-refractivity contribution in [1.29, 1.82) is 0 Å². The summed E-state index contributed by atoms with van der Waals surface area (Å²) in [7, 11) is 0. The zero-order valence-corrected chi connectivity index (χ0v) is 11.4. The Bertz CT molecular complexity index is 417. The van der Waals surface area contributed by atoms with Gasteiger partial charge in [-0.3, -0.25) is 0 Å². The topological polar surface area (TPSA) is 29.5 Å². The molecule has 2 rings (SSSR count). The highest BCUT2D eigenvalue weighted by atomic mass is 16.5. The van der Waals surface area contributed by atoms with Crippen molar-refractivity contribution in [1.82, 2.24) is 0 Å². The highest BCUT2D eigenvalue weighted by Gasteiger charge is 2.31. The van der Waals surface area contributed by atoms with Crippen LogP contribution in [0.4, 0.5) is 0 Å². The Labute approximate surface area is 109 Å². The molecule has 0 saturated carbocycles. The molecule has 1 aromatic rings. The van der Waals surface area contributed by atoms with Crippen molar-refractivity contribution >= 4 is 0 Å². The van der Waals surface area contributed by atoms with Crippen LogP contribution >= 0.6 is 0 Å². The van der Waals surface area contributed by atoms with Crippen molar-refractivity contribution in [2.45, 2.75) is 39.2 Å². The van der Waals surface area contributed by atoms with Crippen LogP contribution in [0.3, 0.4) is 0 Å². The van der Waals surface area contributed by atoms with Gasteiger partial charge in [0.25, 0.3) is 0 Å². The number of phenols is 1. The van der Waals surface area contributed by atoms with Gasteiger partial charge in [0.2, 0.25) is 0 Å². The fraction of sp³-hybridized carbons (Fsp3) is 0.500. The van der Waals surface area contributed by atoms with Gasteiger partial charge in [0, 0.05) is 5.92 Å². The molecule has 1 aromatic carbocycles. The van der Waals surface area contributed by atoms with Crippen molar-refractivity contribution in [2.75, 3.05) is 0 Å². The SMILES string of the molecule is C[C@H]1C=CC(C(C)(C)Oc2ccc(O)cc2)CC1. The average Bonchev–Trinajstić information content (AvgIpc) is 2.32. The maximum atomic E-state index is 9.27. The number of ether oxygens (including phenoxy) is 1. The lowest BCUT2D eigenvalue weighted by molar-refractivity contribution is 0.0561. The summed E-state index contributed by atoms with van der Waals surface area (Å²) in [6.45, 7) is 6.51. The van der Waals surface area contributed by atoms with Crippen LogP contribution in [0.2, 0.25) is 0 Å². The maximum absolute atomic E-state index is 9.27.